The van der Waals surface area contributed by atoms with Crippen molar-refractivity contribution in [1.82, 2.24) is 9.55 Å². The second kappa shape index (κ2) is 6.74. The van der Waals surface area contributed by atoms with Crippen LogP contribution in [0.1, 0.15) is 11.1 Å². The van der Waals surface area contributed by atoms with Crippen molar-refractivity contribution in [3.05, 3.63) is 64.2 Å². The normalized spacial score (nSPS) is 10.8. The van der Waals surface area contributed by atoms with Gasteiger partial charge in [0, 0.05) is 7.05 Å². The molecule has 0 saturated heterocycles. The third kappa shape index (κ3) is 3.11. The van der Waals surface area contributed by atoms with E-state index in [9.17, 15) is 4.79 Å². The van der Waals surface area contributed by atoms with Crippen molar-refractivity contribution in [3.8, 4) is 11.5 Å². The van der Waals surface area contributed by atoms with Crippen LogP contribution in [0.25, 0.3) is 10.9 Å². The summed E-state index contributed by atoms with van der Waals surface area (Å²) in [7, 11) is 5.02. The molecule has 0 unspecified atom stereocenters. The van der Waals surface area contributed by atoms with Crippen LogP contribution >= 0.6 is 0 Å². The molecule has 5 heteroatoms. The Labute approximate surface area is 140 Å². The number of aromatic nitrogens is 2. The van der Waals surface area contributed by atoms with E-state index < -0.39 is 0 Å². The molecule has 0 fully saturated rings. The Morgan fingerprint density at radius 1 is 1.04 bits per heavy atom. The lowest BCUT2D eigenvalue weighted by Gasteiger charge is -2.11. The van der Waals surface area contributed by atoms with Gasteiger partial charge in [0.15, 0.2) is 0 Å². The lowest BCUT2D eigenvalue weighted by molar-refractivity contribution is 0.398. The molecule has 24 heavy (non-hydrogen) atoms. The maximum absolute atomic E-state index is 12.2. The fraction of sp³-hybridized carbons (Fsp3) is 0.263. The quantitative estimate of drug-likeness (QED) is 0.724. The molecule has 124 valence electrons. The van der Waals surface area contributed by atoms with Gasteiger partial charge < -0.3 is 14.0 Å². The summed E-state index contributed by atoms with van der Waals surface area (Å²) in [5, 5.41) is 0.648. The molecule has 3 aromatic rings. The summed E-state index contributed by atoms with van der Waals surface area (Å²) >= 11 is 0. The molecule has 0 aliphatic rings. The molecule has 0 amide bonds. The molecule has 0 aliphatic heterocycles. The molecule has 3 rings (SSSR count). The van der Waals surface area contributed by atoms with Crippen molar-refractivity contribution in [2.45, 2.75) is 12.8 Å². The average molecular weight is 324 g/mol. The zero-order valence-electron chi connectivity index (χ0n) is 14.1. The molecule has 0 spiro atoms. The summed E-state index contributed by atoms with van der Waals surface area (Å²) in [6.07, 6.45) is 3.15. The van der Waals surface area contributed by atoms with E-state index >= 15 is 0 Å². The topological polar surface area (TPSA) is 53.4 Å². The lowest BCUT2D eigenvalue weighted by atomic mass is 10.0. The second-order valence-corrected chi connectivity index (χ2v) is 5.69. The molecule has 5 nitrogen and oxygen atoms in total. The van der Waals surface area contributed by atoms with Crippen molar-refractivity contribution in [2.75, 3.05) is 14.2 Å². The van der Waals surface area contributed by atoms with E-state index in [-0.39, 0.29) is 5.56 Å². The Morgan fingerprint density at radius 2 is 1.88 bits per heavy atom. The van der Waals surface area contributed by atoms with Gasteiger partial charge in [-0.2, -0.15) is 0 Å². The average Bonchev–Trinajstić information content (AvgIpc) is 2.63. The van der Waals surface area contributed by atoms with Crippen LogP contribution in [0.15, 0.2) is 47.5 Å². The summed E-state index contributed by atoms with van der Waals surface area (Å²) in [6, 6.07) is 11.6. The van der Waals surface area contributed by atoms with Crippen LogP contribution in [0.4, 0.5) is 0 Å². The van der Waals surface area contributed by atoms with Crippen molar-refractivity contribution >= 4 is 10.9 Å². The third-order valence-electron chi connectivity index (χ3n) is 4.15. The zero-order chi connectivity index (χ0) is 17.1. The molecular formula is C19H20N2O3. The second-order valence-electron chi connectivity index (χ2n) is 5.69. The Morgan fingerprint density at radius 3 is 2.62 bits per heavy atom. The largest absolute Gasteiger partial charge is 0.497 e. The SMILES string of the molecule is COc1ccc(OC)c(CCc2ccc3ncn(C)c(=O)c3c2)c1. The number of ether oxygens (including phenoxy) is 2. The van der Waals surface area contributed by atoms with Crippen LogP contribution in [-0.2, 0) is 19.9 Å². The molecule has 0 N–H and O–H groups in total. The molecule has 0 saturated carbocycles. The van der Waals surface area contributed by atoms with E-state index in [4.69, 9.17) is 9.47 Å². The van der Waals surface area contributed by atoms with Gasteiger partial charge in [-0.3, -0.25) is 4.79 Å². The minimum Gasteiger partial charge on any atom is -0.497 e. The predicted octanol–water partition coefficient (Wildman–Crippen LogP) is 2.74. The van der Waals surface area contributed by atoms with Gasteiger partial charge in [-0.15, -0.1) is 0 Å². The summed E-state index contributed by atoms with van der Waals surface area (Å²) in [4.78, 5) is 16.5. The van der Waals surface area contributed by atoms with Gasteiger partial charge in [0.25, 0.3) is 5.56 Å². The molecule has 1 heterocycles. The summed E-state index contributed by atoms with van der Waals surface area (Å²) in [5.74, 6) is 1.65. The molecule has 1 aromatic heterocycles. The summed E-state index contributed by atoms with van der Waals surface area (Å²) in [6.45, 7) is 0. The van der Waals surface area contributed by atoms with Gasteiger partial charge in [0.05, 0.1) is 31.4 Å². The number of hydrogen-bond donors (Lipinski definition) is 0. The minimum atomic E-state index is -0.0270. The Kier molecular flexibility index (Phi) is 4.51. The number of aryl methyl sites for hydroxylation is 3. The van der Waals surface area contributed by atoms with Crippen LogP contribution in [0, 0.1) is 0 Å². The number of methoxy groups -OCH3 is 2. The first-order chi connectivity index (χ1) is 11.6. The first kappa shape index (κ1) is 16.1. The van der Waals surface area contributed by atoms with Gasteiger partial charge in [-0.25, -0.2) is 4.98 Å². The van der Waals surface area contributed by atoms with Crippen LogP contribution < -0.4 is 15.0 Å². The predicted molar refractivity (Wildman–Crippen MR) is 93.9 cm³/mol. The molecule has 0 atom stereocenters. The van der Waals surface area contributed by atoms with Crippen molar-refractivity contribution in [2.24, 2.45) is 7.05 Å². The summed E-state index contributed by atoms with van der Waals surface area (Å²) < 4.78 is 12.2. The minimum absolute atomic E-state index is 0.0270. The van der Waals surface area contributed by atoms with Crippen LogP contribution in [0.2, 0.25) is 0 Å². The van der Waals surface area contributed by atoms with Crippen molar-refractivity contribution in [3.63, 3.8) is 0 Å². The van der Waals surface area contributed by atoms with E-state index in [0.717, 1.165) is 41.0 Å². The number of rotatable bonds is 5. The first-order valence-corrected chi connectivity index (χ1v) is 7.77. The molecule has 0 aliphatic carbocycles. The number of nitrogens with zero attached hydrogens (tertiary/aromatic N) is 2. The van der Waals surface area contributed by atoms with E-state index in [1.807, 2.05) is 36.4 Å². The standard InChI is InChI=1S/C19H20N2O3/c1-21-12-20-17-8-5-13(10-16(17)19(21)22)4-6-14-11-15(23-2)7-9-18(14)24-3/h5,7-12H,4,6H2,1-3H3. The number of hydrogen-bond acceptors (Lipinski definition) is 4. The van der Waals surface area contributed by atoms with Gasteiger partial charge in [0.1, 0.15) is 11.5 Å². The van der Waals surface area contributed by atoms with Gasteiger partial charge >= 0.3 is 0 Å². The fourth-order valence-corrected chi connectivity index (χ4v) is 2.77. The Hall–Kier alpha value is -2.82. The number of fused-ring (bicyclic) bond motifs is 1. The van der Waals surface area contributed by atoms with Crippen LogP contribution in [0.3, 0.4) is 0 Å². The molecule has 0 radical (unpaired) electrons. The molecular weight excluding hydrogens is 304 g/mol. The fourth-order valence-electron chi connectivity index (χ4n) is 2.77. The maximum atomic E-state index is 12.2. The molecule has 0 bridgehead atoms. The van der Waals surface area contributed by atoms with Crippen LogP contribution in [-0.4, -0.2) is 23.8 Å². The Bertz CT molecular complexity index is 932. The van der Waals surface area contributed by atoms with E-state index in [2.05, 4.69) is 4.98 Å². The zero-order valence-corrected chi connectivity index (χ0v) is 14.1. The van der Waals surface area contributed by atoms with Crippen molar-refractivity contribution in [1.29, 1.82) is 0 Å². The van der Waals surface area contributed by atoms with Gasteiger partial charge in [-0.05, 0) is 54.3 Å². The lowest BCUT2D eigenvalue weighted by Crippen LogP contribution is -2.17. The highest BCUT2D eigenvalue weighted by atomic mass is 16.5. The van der Waals surface area contributed by atoms with E-state index in [0.29, 0.717) is 5.39 Å². The molecule has 2 aromatic carbocycles. The first-order valence-electron chi connectivity index (χ1n) is 7.77. The van der Waals surface area contributed by atoms with Gasteiger partial charge in [-0.1, -0.05) is 6.07 Å². The van der Waals surface area contributed by atoms with Crippen molar-refractivity contribution < 1.29 is 9.47 Å². The maximum Gasteiger partial charge on any atom is 0.260 e. The van der Waals surface area contributed by atoms with E-state index in [1.54, 1.807) is 27.6 Å². The van der Waals surface area contributed by atoms with Gasteiger partial charge in [0.2, 0.25) is 0 Å². The highest BCUT2D eigenvalue weighted by Crippen LogP contribution is 2.25. The number of benzene rings is 2. The van der Waals surface area contributed by atoms with E-state index in [1.165, 1.54) is 4.57 Å². The smallest absolute Gasteiger partial charge is 0.260 e. The van der Waals surface area contributed by atoms with Crippen LogP contribution in [0.5, 0.6) is 11.5 Å². The summed E-state index contributed by atoms with van der Waals surface area (Å²) in [5.41, 5.74) is 2.87. The Balaban J connectivity index is 1.88. The third-order valence-corrected chi connectivity index (χ3v) is 4.15. The monoisotopic (exact) mass is 324 g/mol. The highest BCUT2D eigenvalue weighted by Gasteiger charge is 2.07. The highest BCUT2D eigenvalue weighted by molar-refractivity contribution is 5.78.